The van der Waals surface area contributed by atoms with Gasteiger partial charge in [-0.3, -0.25) is 4.79 Å². The van der Waals surface area contributed by atoms with Crippen molar-refractivity contribution in [3.05, 3.63) is 59.7 Å². The Labute approximate surface area is 131 Å². The number of nitrogens with zero attached hydrogens (tertiary/aromatic N) is 1. The Balaban J connectivity index is 2.35. The number of carbonyl (C=O) groups is 1. The van der Waals surface area contributed by atoms with Crippen molar-refractivity contribution >= 4 is 11.6 Å². The van der Waals surface area contributed by atoms with Gasteiger partial charge in [-0.15, -0.1) is 0 Å². The van der Waals surface area contributed by atoms with E-state index in [9.17, 15) is 4.79 Å². The Morgan fingerprint density at radius 2 is 1.86 bits per heavy atom. The van der Waals surface area contributed by atoms with E-state index in [0.717, 1.165) is 16.8 Å². The first kappa shape index (κ1) is 16.0. The zero-order chi connectivity index (χ0) is 15.9. The summed E-state index contributed by atoms with van der Waals surface area (Å²) in [7, 11) is 1.57. The van der Waals surface area contributed by atoms with Crippen molar-refractivity contribution in [1.82, 2.24) is 0 Å². The van der Waals surface area contributed by atoms with Crippen molar-refractivity contribution in [2.75, 3.05) is 18.8 Å². The molecule has 4 nitrogen and oxygen atoms in total. The van der Waals surface area contributed by atoms with E-state index in [1.807, 2.05) is 55.5 Å². The molecule has 0 aromatic heterocycles. The van der Waals surface area contributed by atoms with Gasteiger partial charge in [-0.1, -0.05) is 36.4 Å². The molecule has 0 bridgehead atoms. The minimum Gasteiger partial charge on any atom is -0.465 e. The lowest BCUT2D eigenvalue weighted by molar-refractivity contribution is -0.116. The third-order valence-electron chi connectivity index (χ3n) is 3.30. The summed E-state index contributed by atoms with van der Waals surface area (Å²) in [6, 6.07) is 15.7. The van der Waals surface area contributed by atoms with Crippen LogP contribution >= 0.6 is 0 Å². The van der Waals surface area contributed by atoms with Crippen LogP contribution in [0.2, 0.25) is 0 Å². The van der Waals surface area contributed by atoms with Gasteiger partial charge in [-0.05, 0) is 30.2 Å². The van der Waals surface area contributed by atoms with E-state index in [1.54, 1.807) is 18.9 Å². The Hall–Kier alpha value is -2.33. The van der Waals surface area contributed by atoms with Crippen molar-refractivity contribution in [1.29, 1.82) is 0 Å². The van der Waals surface area contributed by atoms with Gasteiger partial charge in [0.15, 0.2) is 6.79 Å². The highest BCUT2D eigenvalue weighted by atomic mass is 16.7. The number of carbonyl (C=O) groups excluding carboxylic acids is 1. The van der Waals surface area contributed by atoms with Crippen molar-refractivity contribution < 1.29 is 14.3 Å². The lowest BCUT2D eigenvalue weighted by atomic mass is 10.1. The lowest BCUT2D eigenvalue weighted by Gasteiger charge is -2.24. The molecule has 116 valence electrons. The lowest BCUT2D eigenvalue weighted by Crippen LogP contribution is -2.28. The summed E-state index contributed by atoms with van der Waals surface area (Å²) in [6.45, 7) is 4.20. The van der Waals surface area contributed by atoms with Gasteiger partial charge in [0, 0.05) is 14.0 Å². The summed E-state index contributed by atoms with van der Waals surface area (Å²) in [5, 5.41) is 0. The molecule has 0 saturated carbocycles. The van der Waals surface area contributed by atoms with Crippen molar-refractivity contribution in [2.24, 2.45) is 0 Å². The SMILES string of the molecule is COCOc1ccc(C)cc1N(Cc1ccccc1)C(C)=O. The number of ether oxygens (including phenoxy) is 2. The van der Waals surface area contributed by atoms with Crippen molar-refractivity contribution in [3.8, 4) is 5.75 Å². The Bertz CT molecular complexity index is 625. The van der Waals surface area contributed by atoms with Crippen molar-refractivity contribution in [3.63, 3.8) is 0 Å². The van der Waals surface area contributed by atoms with E-state index in [4.69, 9.17) is 9.47 Å². The first-order valence-electron chi connectivity index (χ1n) is 7.16. The predicted octanol–water partition coefficient (Wildman–Crippen LogP) is 3.53. The molecular formula is C18H21NO3. The fourth-order valence-corrected chi connectivity index (χ4v) is 2.21. The van der Waals surface area contributed by atoms with Crippen LogP contribution < -0.4 is 9.64 Å². The average molecular weight is 299 g/mol. The molecule has 0 fully saturated rings. The molecule has 2 rings (SSSR count). The van der Waals surface area contributed by atoms with Gasteiger partial charge in [0.05, 0.1) is 12.2 Å². The molecular weight excluding hydrogens is 278 g/mol. The summed E-state index contributed by atoms with van der Waals surface area (Å²) in [6.07, 6.45) is 0. The van der Waals surface area contributed by atoms with Crippen LogP contribution in [0.3, 0.4) is 0 Å². The van der Waals surface area contributed by atoms with E-state index in [2.05, 4.69) is 0 Å². The van der Waals surface area contributed by atoms with Crippen LogP contribution in [-0.2, 0) is 16.1 Å². The molecule has 22 heavy (non-hydrogen) atoms. The topological polar surface area (TPSA) is 38.8 Å². The first-order chi connectivity index (χ1) is 10.6. The van der Waals surface area contributed by atoms with Gasteiger partial charge in [0.25, 0.3) is 0 Å². The Morgan fingerprint density at radius 1 is 1.14 bits per heavy atom. The third-order valence-corrected chi connectivity index (χ3v) is 3.30. The van der Waals surface area contributed by atoms with E-state index in [-0.39, 0.29) is 12.7 Å². The number of amides is 1. The number of hydrogen-bond acceptors (Lipinski definition) is 3. The highest BCUT2D eigenvalue weighted by Gasteiger charge is 2.17. The molecule has 1 amide bonds. The van der Waals surface area contributed by atoms with Crippen LogP contribution in [0.1, 0.15) is 18.1 Å². The summed E-state index contributed by atoms with van der Waals surface area (Å²) < 4.78 is 10.6. The minimum atomic E-state index is -0.0308. The third kappa shape index (κ3) is 4.09. The second kappa shape index (κ2) is 7.61. The minimum absolute atomic E-state index is 0.0308. The van der Waals surface area contributed by atoms with Crippen LogP contribution in [-0.4, -0.2) is 19.8 Å². The van der Waals surface area contributed by atoms with E-state index >= 15 is 0 Å². The van der Waals surface area contributed by atoms with E-state index in [0.29, 0.717) is 12.3 Å². The number of methoxy groups -OCH3 is 1. The van der Waals surface area contributed by atoms with Crippen LogP contribution in [0.15, 0.2) is 48.5 Å². The molecule has 0 radical (unpaired) electrons. The largest absolute Gasteiger partial charge is 0.465 e. The average Bonchev–Trinajstić information content (AvgIpc) is 2.52. The molecule has 0 atom stereocenters. The number of aryl methyl sites for hydroxylation is 1. The van der Waals surface area contributed by atoms with Gasteiger partial charge in [0.2, 0.25) is 5.91 Å². The Kier molecular flexibility index (Phi) is 5.55. The number of hydrogen-bond donors (Lipinski definition) is 0. The fraction of sp³-hybridized carbons (Fsp3) is 0.278. The number of anilines is 1. The maximum Gasteiger partial charge on any atom is 0.224 e. The summed E-state index contributed by atoms with van der Waals surface area (Å²) >= 11 is 0. The van der Waals surface area contributed by atoms with Crippen LogP contribution in [0.25, 0.3) is 0 Å². The molecule has 0 heterocycles. The maximum atomic E-state index is 12.1. The quantitative estimate of drug-likeness (QED) is 0.766. The Morgan fingerprint density at radius 3 is 2.50 bits per heavy atom. The summed E-state index contributed by atoms with van der Waals surface area (Å²) in [5.74, 6) is 0.607. The molecule has 2 aromatic carbocycles. The smallest absolute Gasteiger partial charge is 0.224 e. The second-order valence-corrected chi connectivity index (χ2v) is 5.11. The van der Waals surface area contributed by atoms with Gasteiger partial charge < -0.3 is 14.4 Å². The van der Waals surface area contributed by atoms with Gasteiger partial charge in [-0.25, -0.2) is 0 Å². The highest BCUT2D eigenvalue weighted by molar-refractivity contribution is 5.93. The van der Waals surface area contributed by atoms with E-state index < -0.39 is 0 Å². The summed E-state index contributed by atoms with van der Waals surface area (Å²) in [5.41, 5.74) is 2.89. The zero-order valence-corrected chi connectivity index (χ0v) is 13.2. The van der Waals surface area contributed by atoms with Crippen molar-refractivity contribution in [2.45, 2.75) is 20.4 Å². The normalized spacial score (nSPS) is 10.3. The van der Waals surface area contributed by atoms with E-state index in [1.165, 1.54) is 0 Å². The first-order valence-corrected chi connectivity index (χ1v) is 7.16. The molecule has 0 aliphatic carbocycles. The van der Waals surface area contributed by atoms with Crippen LogP contribution in [0, 0.1) is 6.92 Å². The highest BCUT2D eigenvalue weighted by Crippen LogP contribution is 2.31. The summed E-state index contributed by atoms with van der Waals surface area (Å²) in [4.78, 5) is 13.8. The van der Waals surface area contributed by atoms with Gasteiger partial charge in [-0.2, -0.15) is 0 Å². The number of benzene rings is 2. The molecule has 0 N–H and O–H groups in total. The number of rotatable bonds is 6. The van der Waals surface area contributed by atoms with Gasteiger partial charge in [0.1, 0.15) is 5.75 Å². The maximum absolute atomic E-state index is 12.1. The van der Waals surface area contributed by atoms with Crippen LogP contribution in [0.4, 0.5) is 5.69 Å². The standard InChI is InChI=1S/C18H21NO3/c1-14-9-10-18(22-13-21-3)17(11-14)19(15(2)20)12-16-7-5-4-6-8-16/h4-11H,12-13H2,1-3H3. The molecule has 0 aliphatic heterocycles. The zero-order valence-electron chi connectivity index (χ0n) is 13.2. The molecule has 0 aliphatic rings. The molecule has 0 unspecified atom stereocenters. The molecule has 4 heteroatoms. The second-order valence-electron chi connectivity index (χ2n) is 5.11. The monoisotopic (exact) mass is 299 g/mol. The van der Waals surface area contributed by atoms with Gasteiger partial charge >= 0.3 is 0 Å². The molecule has 2 aromatic rings. The predicted molar refractivity (Wildman–Crippen MR) is 87.0 cm³/mol. The van der Waals surface area contributed by atoms with Crippen LogP contribution in [0.5, 0.6) is 5.75 Å². The molecule has 0 spiro atoms. The molecule has 0 saturated heterocycles. The fourth-order valence-electron chi connectivity index (χ4n) is 2.21.